The summed E-state index contributed by atoms with van der Waals surface area (Å²) in [6.45, 7) is -2.68. The van der Waals surface area contributed by atoms with E-state index in [1.807, 2.05) is 0 Å². The molecule has 1 aromatic carbocycles. The number of carbonyl (C=O) groups is 2. The molecule has 2 heterocycles. The van der Waals surface area contributed by atoms with Crippen LogP contribution in [0.5, 0.6) is 5.75 Å². The van der Waals surface area contributed by atoms with Crippen LogP contribution in [-0.2, 0) is 21.2 Å². The molecule has 162 valence electrons. The zero-order valence-electron chi connectivity index (χ0n) is 16.2. The second-order valence-electron chi connectivity index (χ2n) is 7.63. The summed E-state index contributed by atoms with van der Waals surface area (Å²) in [6.07, 6.45) is 2.60. The number of imide groups is 1. The van der Waals surface area contributed by atoms with Gasteiger partial charge in [0.1, 0.15) is 11.3 Å². The lowest BCUT2D eigenvalue weighted by Crippen LogP contribution is -2.55. The van der Waals surface area contributed by atoms with Crippen molar-refractivity contribution in [3.05, 3.63) is 34.2 Å². The van der Waals surface area contributed by atoms with E-state index in [1.54, 1.807) is 12.1 Å². The van der Waals surface area contributed by atoms with Crippen molar-refractivity contribution in [1.29, 1.82) is 0 Å². The van der Waals surface area contributed by atoms with Crippen LogP contribution in [0.25, 0.3) is 6.08 Å². The van der Waals surface area contributed by atoms with Gasteiger partial charge in [0.15, 0.2) is 0 Å². The Morgan fingerprint density at radius 2 is 1.87 bits per heavy atom. The maximum Gasteiger partial charge on any atom is 0.387 e. The molecule has 0 atom stereocenters. The maximum atomic E-state index is 13.1. The SMILES string of the molecule is CN1C(=O)NC2(CCN(S(=O)(=O)C3=Cc4ccc(OC(F)F)cc4CC3)CC2)C1=O. The van der Waals surface area contributed by atoms with Crippen molar-refractivity contribution in [2.45, 2.75) is 37.8 Å². The molecule has 0 bridgehead atoms. The molecule has 4 rings (SSSR count). The van der Waals surface area contributed by atoms with E-state index in [0.29, 0.717) is 12.0 Å². The molecular formula is C19H21F2N3O5S. The Kier molecular flexibility index (Phi) is 5.05. The van der Waals surface area contributed by atoms with Gasteiger partial charge >= 0.3 is 12.6 Å². The number of amides is 3. The minimum Gasteiger partial charge on any atom is -0.435 e. The summed E-state index contributed by atoms with van der Waals surface area (Å²) >= 11 is 0. The Hall–Kier alpha value is -2.53. The predicted octanol–water partition coefficient (Wildman–Crippen LogP) is 1.92. The molecule has 30 heavy (non-hydrogen) atoms. The van der Waals surface area contributed by atoms with E-state index in [1.165, 1.54) is 23.5 Å². The third-order valence-corrected chi connectivity index (χ3v) is 7.94. The number of carbonyl (C=O) groups excluding carboxylic acids is 2. The van der Waals surface area contributed by atoms with Crippen molar-refractivity contribution in [2.24, 2.45) is 0 Å². The summed E-state index contributed by atoms with van der Waals surface area (Å²) in [5.41, 5.74) is 0.355. The largest absolute Gasteiger partial charge is 0.435 e. The Morgan fingerprint density at radius 3 is 2.47 bits per heavy atom. The molecule has 1 aliphatic carbocycles. The van der Waals surface area contributed by atoms with Gasteiger partial charge in [-0.25, -0.2) is 13.2 Å². The quantitative estimate of drug-likeness (QED) is 0.721. The number of ether oxygens (including phenoxy) is 1. The average Bonchev–Trinajstić information content (AvgIpc) is 2.91. The minimum absolute atomic E-state index is 0.0398. The number of sulfonamides is 1. The smallest absolute Gasteiger partial charge is 0.387 e. The summed E-state index contributed by atoms with van der Waals surface area (Å²) in [5.74, 6) is -0.296. The number of likely N-dealkylation sites (N-methyl/N-ethyl adjacent to an activating group) is 1. The standard InChI is InChI=1S/C19H21F2N3O5S/c1-23-16(25)19(22-18(23)26)6-8-24(9-7-19)30(27,28)15-5-3-12-10-14(29-17(20)21)4-2-13(12)11-15/h2,4,10-11,17H,3,5-9H2,1H3,(H,22,26). The number of hydrogen-bond donors (Lipinski definition) is 1. The van der Waals surface area contributed by atoms with Crippen LogP contribution in [0.3, 0.4) is 0 Å². The summed E-state index contributed by atoms with van der Waals surface area (Å²) in [7, 11) is -2.34. The number of aryl methyl sites for hydroxylation is 1. The van der Waals surface area contributed by atoms with Crippen molar-refractivity contribution in [3.8, 4) is 5.75 Å². The van der Waals surface area contributed by atoms with Crippen molar-refractivity contribution >= 4 is 28.0 Å². The molecule has 1 aromatic rings. The maximum absolute atomic E-state index is 13.1. The van der Waals surface area contributed by atoms with Gasteiger partial charge in [0.05, 0.1) is 4.91 Å². The Bertz CT molecular complexity index is 1030. The number of piperidine rings is 1. The number of halogens is 2. The summed E-state index contributed by atoms with van der Waals surface area (Å²) < 4.78 is 56.8. The molecule has 0 unspecified atom stereocenters. The van der Waals surface area contributed by atoms with Gasteiger partial charge in [-0.3, -0.25) is 9.69 Å². The van der Waals surface area contributed by atoms with Gasteiger partial charge in [-0.2, -0.15) is 13.1 Å². The molecule has 3 aliphatic rings. The fourth-order valence-corrected chi connectivity index (χ4v) is 5.82. The number of urea groups is 1. The molecule has 2 fully saturated rings. The lowest BCUT2D eigenvalue weighted by Gasteiger charge is -2.37. The van der Waals surface area contributed by atoms with Crippen LogP contribution < -0.4 is 10.1 Å². The van der Waals surface area contributed by atoms with Crippen LogP contribution in [0.4, 0.5) is 13.6 Å². The van der Waals surface area contributed by atoms with Crippen molar-refractivity contribution < 1.29 is 31.5 Å². The van der Waals surface area contributed by atoms with Gasteiger partial charge in [-0.05, 0) is 55.0 Å². The van der Waals surface area contributed by atoms with E-state index in [-0.39, 0.29) is 48.9 Å². The van der Waals surface area contributed by atoms with Crippen molar-refractivity contribution in [2.75, 3.05) is 20.1 Å². The molecule has 1 spiro atoms. The van der Waals surface area contributed by atoms with Crippen LogP contribution in [0.2, 0.25) is 0 Å². The van der Waals surface area contributed by atoms with Crippen LogP contribution in [0.15, 0.2) is 23.1 Å². The van der Waals surface area contributed by atoms with Gasteiger partial charge in [-0.1, -0.05) is 6.07 Å². The first-order valence-corrected chi connectivity index (χ1v) is 11.0. The van der Waals surface area contributed by atoms with E-state index >= 15 is 0 Å². The van der Waals surface area contributed by atoms with Gasteiger partial charge in [-0.15, -0.1) is 0 Å². The number of allylic oxidation sites excluding steroid dienone is 1. The van der Waals surface area contributed by atoms with Crippen LogP contribution in [0, 0.1) is 0 Å². The molecule has 3 amide bonds. The number of nitrogens with zero attached hydrogens (tertiary/aromatic N) is 2. The zero-order chi connectivity index (χ0) is 21.7. The Morgan fingerprint density at radius 1 is 1.17 bits per heavy atom. The van der Waals surface area contributed by atoms with E-state index in [2.05, 4.69) is 10.1 Å². The average molecular weight is 441 g/mol. The highest BCUT2D eigenvalue weighted by Gasteiger charge is 2.52. The highest BCUT2D eigenvalue weighted by molar-refractivity contribution is 7.93. The lowest BCUT2D eigenvalue weighted by atomic mass is 9.88. The number of alkyl halides is 2. The third-order valence-electron chi connectivity index (χ3n) is 5.91. The highest BCUT2D eigenvalue weighted by atomic mass is 32.2. The van der Waals surface area contributed by atoms with E-state index in [9.17, 15) is 26.8 Å². The zero-order valence-corrected chi connectivity index (χ0v) is 17.0. The van der Waals surface area contributed by atoms with E-state index in [4.69, 9.17) is 0 Å². The Balaban J connectivity index is 1.50. The second kappa shape index (κ2) is 7.31. The monoisotopic (exact) mass is 441 g/mol. The number of hydrogen-bond acceptors (Lipinski definition) is 5. The third kappa shape index (κ3) is 3.45. The first-order chi connectivity index (χ1) is 14.1. The van der Waals surface area contributed by atoms with Gasteiger partial charge in [0.25, 0.3) is 5.91 Å². The van der Waals surface area contributed by atoms with Crippen LogP contribution in [0.1, 0.15) is 30.4 Å². The molecule has 2 aliphatic heterocycles. The number of rotatable bonds is 4. The molecule has 1 N–H and O–H groups in total. The highest BCUT2D eigenvalue weighted by Crippen LogP contribution is 2.35. The molecule has 11 heteroatoms. The first-order valence-electron chi connectivity index (χ1n) is 9.51. The van der Waals surface area contributed by atoms with Crippen molar-refractivity contribution in [3.63, 3.8) is 0 Å². The number of nitrogens with one attached hydrogen (secondary N) is 1. The Labute approximate surface area is 172 Å². The molecular weight excluding hydrogens is 420 g/mol. The van der Waals surface area contributed by atoms with Gasteiger partial charge < -0.3 is 10.1 Å². The van der Waals surface area contributed by atoms with Crippen LogP contribution >= 0.6 is 0 Å². The molecule has 0 radical (unpaired) electrons. The fraction of sp³-hybridized carbons (Fsp3) is 0.474. The predicted molar refractivity (Wildman–Crippen MR) is 103 cm³/mol. The minimum atomic E-state index is -3.74. The molecule has 0 aromatic heterocycles. The van der Waals surface area contributed by atoms with Gasteiger partial charge in [0, 0.05) is 20.1 Å². The summed E-state index contributed by atoms with van der Waals surface area (Å²) in [4.78, 5) is 25.4. The molecule has 0 saturated carbocycles. The molecule has 8 nitrogen and oxygen atoms in total. The number of benzene rings is 1. The topological polar surface area (TPSA) is 96.0 Å². The van der Waals surface area contributed by atoms with Gasteiger partial charge in [0.2, 0.25) is 10.0 Å². The van der Waals surface area contributed by atoms with Crippen LogP contribution in [-0.4, -0.2) is 61.8 Å². The summed E-state index contributed by atoms with van der Waals surface area (Å²) in [6, 6.07) is 3.97. The number of fused-ring (bicyclic) bond motifs is 1. The van der Waals surface area contributed by atoms with E-state index in [0.717, 1.165) is 10.5 Å². The van der Waals surface area contributed by atoms with Crippen molar-refractivity contribution in [1.82, 2.24) is 14.5 Å². The van der Waals surface area contributed by atoms with E-state index < -0.39 is 28.2 Å². The second-order valence-corrected chi connectivity index (χ2v) is 9.62. The molecule has 2 saturated heterocycles. The fourth-order valence-electron chi connectivity index (χ4n) is 4.19. The normalized spacial score (nSPS) is 21.6. The lowest BCUT2D eigenvalue weighted by molar-refractivity contribution is -0.131. The first kappa shape index (κ1) is 20.7. The summed E-state index contributed by atoms with van der Waals surface area (Å²) in [5, 5.41) is 2.69.